The maximum Gasteiger partial charge on any atom is 0.0842 e. The van der Waals surface area contributed by atoms with Gasteiger partial charge < -0.3 is 15.3 Å². The molecule has 1 aliphatic heterocycles. The van der Waals surface area contributed by atoms with Crippen LogP contribution in [0.1, 0.15) is 29.2 Å². The smallest absolute Gasteiger partial charge is 0.0842 e. The van der Waals surface area contributed by atoms with Crippen LogP contribution in [0.2, 0.25) is 10.0 Å². The molecule has 0 aliphatic carbocycles. The molecule has 0 bridgehead atoms. The van der Waals surface area contributed by atoms with Gasteiger partial charge in [0.2, 0.25) is 0 Å². The molecule has 0 aromatic heterocycles. The van der Waals surface area contributed by atoms with Crippen molar-refractivity contribution in [3.63, 3.8) is 0 Å². The SMILES string of the molecule is OCC(CO)C[C@H]1CN=C(c2ccccc2Cl)c2cc(Cl)ccc2[C@@H]1O. The van der Waals surface area contributed by atoms with Crippen LogP contribution in [0.15, 0.2) is 47.5 Å². The van der Waals surface area contributed by atoms with Gasteiger partial charge in [0.05, 0.1) is 11.8 Å². The van der Waals surface area contributed by atoms with Gasteiger partial charge in [0.1, 0.15) is 0 Å². The molecule has 6 heteroatoms. The minimum Gasteiger partial charge on any atom is -0.396 e. The number of rotatable bonds is 5. The standard InChI is InChI=1S/C20H21Cl2NO3/c21-14-5-6-15-17(8-14)19(16-3-1-2-4-18(16)22)23-9-13(20(15)26)7-12(10-24)11-25/h1-6,8,12-13,20,24-26H,7,9-11H2/t13-,20+/m0/s1. The highest BCUT2D eigenvalue weighted by Crippen LogP contribution is 2.36. The molecule has 4 nitrogen and oxygen atoms in total. The summed E-state index contributed by atoms with van der Waals surface area (Å²) < 4.78 is 0. The third kappa shape index (κ3) is 3.95. The van der Waals surface area contributed by atoms with Gasteiger partial charge in [-0.15, -0.1) is 0 Å². The summed E-state index contributed by atoms with van der Waals surface area (Å²) in [6.07, 6.45) is -0.304. The van der Waals surface area contributed by atoms with Gasteiger partial charge >= 0.3 is 0 Å². The van der Waals surface area contributed by atoms with Gasteiger partial charge in [-0.3, -0.25) is 4.99 Å². The molecule has 0 radical (unpaired) electrons. The van der Waals surface area contributed by atoms with Gasteiger partial charge in [0.15, 0.2) is 0 Å². The molecule has 0 spiro atoms. The lowest BCUT2D eigenvalue weighted by Crippen LogP contribution is -2.22. The summed E-state index contributed by atoms with van der Waals surface area (Å²) in [6, 6.07) is 12.8. The molecule has 2 aromatic carbocycles. The second-order valence-electron chi connectivity index (χ2n) is 6.57. The number of halogens is 2. The van der Waals surface area contributed by atoms with E-state index >= 15 is 0 Å². The van der Waals surface area contributed by atoms with Gasteiger partial charge in [-0.05, 0) is 30.2 Å². The molecule has 1 aliphatic rings. The van der Waals surface area contributed by atoms with Crippen molar-refractivity contribution >= 4 is 28.9 Å². The van der Waals surface area contributed by atoms with E-state index in [2.05, 4.69) is 0 Å². The number of fused-ring (bicyclic) bond motifs is 1. The van der Waals surface area contributed by atoms with Crippen LogP contribution in [0.5, 0.6) is 0 Å². The number of nitrogens with zero attached hydrogens (tertiary/aromatic N) is 1. The van der Waals surface area contributed by atoms with Crippen molar-refractivity contribution in [2.24, 2.45) is 16.8 Å². The van der Waals surface area contributed by atoms with Crippen molar-refractivity contribution in [3.05, 3.63) is 69.2 Å². The Morgan fingerprint density at radius 2 is 1.77 bits per heavy atom. The first kappa shape index (κ1) is 19.3. The average molecular weight is 394 g/mol. The van der Waals surface area contributed by atoms with Gasteiger partial charge in [-0.1, -0.05) is 47.5 Å². The van der Waals surface area contributed by atoms with Crippen molar-refractivity contribution in [3.8, 4) is 0 Å². The lowest BCUT2D eigenvalue weighted by Gasteiger charge is -2.24. The van der Waals surface area contributed by atoms with Crippen molar-refractivity contribution in [1.29, 1.82) is 0 Å². The van der Waals surface area contributed by atoms with Crippen LogP contribution in [0.25, 0.3) is 0 Å². The van der Waals surface area contributed by atoms with Crippen LogP contribution >= 0.6 is 23.2 Å². The first-order chi connectivity index (χ1) is 12.5. The van der Waals surface area contributed by atoms with E-state index in [0.29, 0.717) is 28.7 Å². The van der Waals surface area contributed by atoms with E-state index in [1.54, 1.807) is 24.3 Å². The quantitative estimate of drug-likeness (QED) is 0.727. The van der Waals surface area contributed by atoms with Gasteiger partial charge in [-0.25, -0.2) is 0 Å². The highest BCUT2D eigenvalue weighted by molar-refractivity contribution is 6.36. The summed E-state index contributed by atoms with van der Waals surface area (Å²) in [7, 11) is 0. The first-order valence-corrected chi connectivity index (χ1v) is 9.29. The molecule has 0 saturated carbocycles. The van der Waals surface area contributed by atoms with Gasteiger partial charge in [0.25, 0.3) is 0 Å². The second kappa shape index (κ2) is 8.51. The van der Waals surface area contributed by atoms with E-state index in [-0.39, 0.29) is 25.0 Å². The van der Waals surface area contributed by atoms with E-state index in [4.69, 9.17) is 28.2 Å². The molecule has 0 unspecified atom stereocenters. The average Bonchev–Trinajstić information content (AvgIpc) is 2.77. The summed E-state index contributed by atoms with van der Waals surface area (Å²) in [6.45, 7) is 0.104. The number of benzene rings is 2. The first-order valence-electron chi connectivity index (χ1n) is 8.54. The lowest BCUT2D eigenvalue weighted by atomic mass is 9.86. The molecule has 3 N–H and O–H groups in total. The second-order valence-corrected chi connectivity index (χ2v) is 7.42. The fourth-order valence-corrected chi connectivity index (χ4v) is 3.76. The monoisotopic (exact) mass is 393 g/mol. The number of hydrogen-bond acceptors (Lipinski definition) is 4. The Kier molecular flexibility index (Phi) is 6.33. The minimum absolute atomic E-state index is 0.131. The summed E-state index contributed by atoms with van der Waals surface area (Å²) in [4.78, 5) is 4.74. The number of aliphatic imine (C=N–C) groups is 1. The third-order valence-electron chi connectivity index (χ3n) is 4.80. The predicted molar refractivity (Wildman–Crippen MR) is 104 cm³/mol. The van der Waals surface area contributed by atoms with E-state index in [1.165, 1.54) is 0 Å². The summed E-state index contributed by atoms with van der Waals surface area (Å²) in [5, 5.41) is 30.9. The molecular formula is C20H21Cl2NO3. The largest absolute Gasteiger partial charge is 0.396 e. The molecule has 26 heavy (non-hydrogen) atoms. The normalized spacial score (nSPS) is 19.8. The Balaban J connectivity index is 2.08. The van der Waals surface area contributed by atoms with Crippen LogP contribution in [0, 0.1) is 11.8 Å². The van der Waals surface area contributed by atoms with E-state index < -0.39 is 6.10 Å². The third-order valence-corrected chi connectivity index (χ3v) is 5.37. The zero-order valence-corrected chi connectivity index (χ0v) is 15.7. The van der Waals surface area contributed by atoms with Crippen LogP contribution in [-0.2, 0) is 0 Å². The summed E-state index contributed by atoms with van der Waals surface area (Å²) in [5.74, 6) is -0.512. The van der Waals surface area contributed by atoms with Crippen LogP contribution in [-0.4, -0.2) is 40.8 Å². The summed E-state index contributed by atoms with van der Waals surface area (Å²) in [5.41, 5.74) is 2.96. The summed E-state index contributed by atoms with van der Waals surface area (Å²) >= 11 is 12.6. The van der Waals surface area contributed by atoms with Gasteiger partial charge in [-0.2, -0.15) is 0 Å². The maximum atomic E-state index is 11.0. The zero-order chi connectivity index (χ0) is 18.7. The number of aliphatic hydroxyl groups is 3. The molecule has 2 aromatic rings. The topological polar surface area (TPSA) is 73.0 Å². The Hall–Kier alpha value is -1.43. The van der Waals surface area contributed by atoms with E-state index in [9.17, 15) is 15.3 Å². The molecule has 138 valence electrons. The molecule has 0 fully saturated rings. The zero-order valence-electron chi connectivity index (χ0n) is 14.1. The van der Waals surface area contributed by atoms with Crippen molar-refractivity contribution in [2.45, 2.75) is 12.5 Å². The lowest BCUT2D eigenvalue weighted by molar-refractivity contribution is 0.0692. The number of aliphatic hydroxyl groups excluding tert-OH is 3. The molecule has 0 amide bonds. The Morgan fingerprint density at radius 1 is 1.04 bits per heavy atom. The Labute approximate surface area is 162 Å². The van der Waals surface area contributed by atoms with Crippen molar-refractivity contribution < 1.29 is 15.3 Å². The number of hydrogen-bond donors (Lipinski definition) is 3. The van der Waals surface area contributed by atoms with Crippen LogP contribution in [0.4, 0.5) is 0 Å². The van der Waals surface area contributed by atoms with Crippen molar-refractivity contribution in [2.75, 3.05) is 19.8 Å². The van der Waals surface area contributed by atoms with Crippen LogP contribution < -0.4 is 0 Å². The van der Waals surface area contributed by atoms with Crippen molar-refractivity contribution in [1.82, 2.24) is 0 Å². The molecule has 1 heterocycles. The molecule has 0 saturated heterocycles. The molecular weight excluding hydrogens is 373 g/mol. The Bertz CT molecular complexity index is 805. The molecule has 2 atom stereocenters. The molecule has 3 rings (SSSR count). The van der Waals surface area contributed by atoms with Crippen LogP contribution in [0.3, 0.4) is 0 Å². The fraction of sp³-hybridized carbons (Fsp3) is 0.350. The maximum absolute atomic E-state index is 11.0. The minimum atomic E-state index is -0.772. The van der Waals surface area contributed by atoms with Gasteiger partial charge in [0, 0.05) is 52.8 Å². The predicted octanol–water partition coefficient (Wildman–Crippen LogP) is 3.48. The highest BCUT2D eigenvalue weighted by atomic mass is 35.5. The van der Waals surface area contributed by atoms with E-state index in [1.807, 2.05) is 18.2 Å². The highest BCUT2D eigenvalue weighted by Gasteiger charge is 2.30. The van der Waals surface area contributed by atoms with E-state index in [0.717, 1.165) is 16.7 Å². The Morgan fingerprint density at radius 3 is 2.46 bits per heavy atom. The fourth-order valence-electron chi connectivity index (χ4n) is 3.36.